The van der Waals surface area contributed by atoms with Crippen LogP contribution in [0.15, 0.2) is 54.2 Å². The highest BCUT2D eigenvalue weighted by Crippen LogP contribution is 2.32. The van der Waals surface area contributed by atoms with Crippen LogP contribution in [0.25, 0.3) is 5.57 Å². The molecule has 1 heterocycles. The summed E-state index contributed by atoms with van der Waals surface area (Å²) in [4.78, 5) is 14.9. The molecule has 4 nitrogen and oxygen atoms in total. The summed E-state index contributed by atoms with van der Waals surface area (Å²) in [6.07, 6.45) is 7.86. The van der Waals surface area contributed by atoms with Gasteiger partial charge in [-0.2, -0.15) is 0 Å². The fourth-order valence-corrected chi connectivity index (χ4v) is 3.35. The van der Waals surface area contributed by atoms with Gasteiger partial charge in [0.15, 0.2) is 0 Å². The third-order valence-electron chi connectivity index (χ3n) is 4.74. The monoisotopic (exact) mass is 351 g/mol. The van der Waals surface area contributed by atoms with Gasteiger partial charge in [-0.1, -0.05) is 30.3 Å². The first-order valence-electron chi connectivity index (χ1n) is 9.28. The Morgan fingerprint density at radius 3 is 2.62 bits per heavy atom. The molecule has 1 aromatic carbocycles. The molecule has 1 aromatic heterocycles. The van der Waals surface area contributed by atoms with E-state index in [4.69, 9.17) is 9.84 Å². The van der Waals surface area contributed by atoms with Crippen molar-refractivity contribution in [3.63, 3.8) is 0 Å². The Kier molecular flexibility index (Phi) is 6.42. The number of nitrogens with zero attached hydrogens (tertiary/aromatic N) is 1. The van der Waals surface area contributed by atoms with Crippen molar-refractivity contribution in [3.8, 4) is 5.75 Å². The largest absolute Gasteiger partial charge is 0.488 e. The molecule has 1 aliphatic rings. The smallest absolute Gasteiger partial charge is 0.303 e. The van der Waals surface area contributed by atoms with Crippen LogP contribution in [-0.2, 0) is 11.2 Å². The SMILES string of the molecule is O=C(O)CCCc1ccc(OCC2=C(c3ccccc3)CCCC2)cn1. The minimum atomic E-state index is -0.764. The summed E-state index contributed by atoms with van der Waals surface area (Å²) in [5, 5.41) is 8.69. The molecule has 0 atom stereocenters. The topological polar surface area (TPSA) is 59.4 Å². The molecule has 0 saturated carbocycles. The lowest BCUT2D eigenvalue weighted by Gasteiger charge is -2.21. The molecule has 0 bridgehead atoms. The molecule has 0 unspecified atom stereocenters. The maximum atomic E-state index is 10.6. The molecular formula is C22H25NO3. The van der Waals surface area contributed by atoms with E-state index in [0.29, 0.717) is 19.4 Å². The first-order valence-corrected chi connectivity index (χ1v) is 9.28. The van der Waals surface area contributed by atoms with Crippen LogP contribution in [0.1, 0.15) is 49.8 Å². The predicted octanol–water partition coefficient (Wildman–Crippen LogP) is 4.90. The number of carboxylic acids is 1. The first kappa shape index (κ1) is 18.2. The Morgan fingerprint density at radius 2 is 1.88 bits per heavy atom. The molecule has 4 heteroatoms. The Labute approximate surface area is 154 Å². The highest BCUT2D eigenvalue weighted by molar-refractivity contribution is 5.69. The van der Waals surface area contributed by atoms with Crippen molar-refractivity contribution in [1.29, 1.82) is 0 Å². The Balaban J connectivity index is 1.60. The molecule has 1 aliphatic carbocycles. The van der Waals surface area contributed by atoms with Crippen molar-refractivity contribution in [2.24, 2.45) is 0 Å². The minimum Gasteiger partial charge on any atom is -0.488 e. The summed E-state index contributed by atoms with van der Waals surface area (Å²) in [6, 6.07) is 14.4. The van der Waals surface area contributed by atoms with E-state index in [1.807, 2.05) is 18.2 Å². The van der Waals surface area contributed by atoms with Crippen molar-refractivity contribution in [1.82, 2.24) is 4.98 Å². The second kappa shape index (κ2) is 9.18. The van der Waals surface area contributed by atoms with Crippen molar-refractivity contribution in [2.45, 2.75) is 44.9 Å². The molecule has 1 N–H and O–H groups in total. The maximum absolute atomic E-state index is 10.6. The van der Waals surface area contributed by atoms with Gasteiger partial charge in [0.1, 0.15) is 12.4 Å². The number of carboxylic acid groups (broad SMARTS) is 1. The van der Waals surface area contributed by atoms with Crippen LogP contribution in [0.4, 0.5) is 0 Å². The van der Waals surface area contributed by atoms with E-state index in [2.05, 4.69) is 29.2 Å². The third-order valence-corrected chi connectivity index (χ3v) is 4.74. The number of allylic oxidation sites excluding steroid dienone is 1. The van der Waals surface area contributed by atoms with Crippen LogP contribution < -0.4 is 4.74 Å². The summed E-state index contributed by atoms with van der Waals surface area (Å²) in [5.74, 6) is -0.00241. The number of carbonyl (C=O) groups is 1. The lowest BCUT2D eigenvalue weighted by atomic mass is 9.88. The molecule has 136 valence electrons. The van der Waals surface area contributed by atoms with E-state index >= 15 is 0 Å². The molecule has 2 aromatic rings. The zero-order valence-electron chi connectivity index (χ0n) is 15.0. The lowest BCUT2D eigenvalue weighted by molar-refractivity contribution is -0.137. The molecule has 0 saturated heterocycles. The molecule has 3 rings (SSSR count). The number of rotatable bonds is 8. The van der Waals surface area contributed by atoms with Gasteiger partial charge in [-0.15, -0.1) is 0 Å². The van der Waals surface area contributed by atoms with Gasteiger partial charge in [-0.25, -0.2) is 0 Å². The zero-order chi connectivity index (χ0) is 18.2. The van der Waals surface area contributed by atoms with E-state index in [1.165, 1.54) is 29.6 Å². The highest BCUT2D eigenvalue weighted by atomic mass is 16.5. The molecular weight excluding hydrogens is 326 g/mol. The number of benzene rings is 1. The molecule has 0 radical (unpaired) electrons. The number of aliphatic carboxylic acids is 1. The average molecular weight is 351 g/mol. The highest BCUT2D eigenvalue weighted by Gasteiger charge is 2.15. The zero-order valence-corrected chi connectivity index (χ0v) is 15.0. The van der Waals surface area contributed by atoms with Crippen LogP contribution in [0.3, 0.4) is 0 Å². The summed E-state index contributed by atoms with van der Waals surface area (Å²) in [5.41, 5.74) is 5.02. The van der Waals surface area contributed by atoms with E-state index < -0.39 is 5.97 Å². The van der Waals surface area contributed by atoms with Gasteiger partial charge in [0.05, 0.1) is 6.20 Å². The Hall–Kier alpha value is -2.62. The molecule has 0 spiro atoms. The van der Waals surface area contributed by atoms with E-state index in [9.17, 15) is 4.79 Å². The van der Waals surface area contributed by atoms with Gasteiger partial charge >= 0.3 is 5.97 Å². The first-order chi connectivity index (χ1) is 12.7. The summed E-state index contributed by atoms with van der Waals surface area (Å²) >= 11 is 0. The quantitative estimate of drug-likeness (QED) is 0.735. The van der Waals surface area contributed by atoms with Crippen molar-refractivity contribution in [3.05, 3.63) is 65.5 Å². The van der Waals surface area contributed by atoms with Crippen LogP contribution in [0.2, 0.25) is 0 Å². The summed E-state index contributed by atoms with van der Waals surface area (Å²) in [6.45, 7) is 0.601. The predicted molar refractivity (Wildman–Crippen MR) is 102 cm³/mol. The molecule has 0 fully saturated rings. The molecule has 0 amide bonds. The standard InChI is InChI=1S/C22H25NO3/c24-22(25)12-6-10-19-13-14-20(15-23-19)26-16-18-9-4-5-11-21(18)17-7-2-1-3-8-17/h1-3,7-8,13-15H,4-6,9-12,16H2,(H,24,25). The van der Waals surface area contributed by atoms with E-state index in [1.54, 1.807) is 6.20 Å². The van der Waals surface area contributed by atoms with Gasteiger partial charge in [0, 0.05) is 12.1 Å². The second-order valence-electron chi connectivity index (χ2n) is 6.68. The number of aryl methyl sites for hydroxylation is 1. The van der Waals surface area contributed by atoms with Crippen LogP contribution in [0.5, 0.6) is 5.75 Å². The van der Waals surface area contributed by atoms with Gasteiger partial charge < -0.3 is 9.84 Å². The van der Waals surface area contributed by atoms with Gasteiger partial charge in [-0.05, 0) is 67.4 Å². The Morgan fingerprint density at radius 1 is 1.08 bits per heavy atom. The number of hydrogen-bond donors (Lipinski definition) is 1. The lowest BCUT2D eigenvalue weighted by Crippen LogP contribution is -2.08. The van der Waals surface area contributed by atoms with Crippen molar-refractivity contribution >= 4 is 11.5 Å². The normalized spacial score (nSPS) is 14.3. The minimum absolute atomic E-state index is 0.177. The van der Waals surface area contributed by atoms with Gasteiger partial charge in [0.2, 0.25) is 0 Å². The van der Waals surface area contributed by atoms with Gasteiger partial charge in [-0.3, -0.25) is 9.78 Å². The van der Waals surface area contributed by atoms with Gasteiger partial charge in [0.25, 0.3) is 0 Å². The number of pyridine rings is 1. The average Bonchev–Trinajstić information content (AvgIpc) is 2.68. The Bertz CT molecular complexity index is 751. The molecule has 26 heavy (non-hydrogen) atoms. The number of hydrogen-bond acceptors (Lipinski definition) is 3. The van der Waals surface area contributed by atoms with Crippen molar-refractivity contribution in [2.75, 3.05) is 6.61 Å². The number of ether oxygens (including phenoxy) is 1. The van der Waals surface area contributed by atoms with E-state index in [-0.39, 0.29) is 6.42 Å². The fraction of sp³-hybridized carbons (Fsp3) is 0.364. The maximum Gasteiger partial charge on any atom is 0.303 e. The van der Waals surface area contributed by atoms with Crippen LogP contribution in [-0.4, -0.2) is 22.7 Å². The van der Waals surface area contributed by atoms with E-state index in [0.717, 1.165) is 24.3 Å². The van der Waals surface area contributed by atoms with Crippen molar-refractivity contribution < 1.29 is 14.6 Å². The summed E-state index contributed by atoms with van der Waals surface area (Å²) in [7, 11) is 0. The van der Waals surface area contributed by atoms with Crippen LogP contribution in [0, 0.1) is 0 Å². The molecule has 0 aliphatic heterocycles. The number of aromatic nitrogens is 1. The second-order valence-corrected chi connectivity index (χ2v) is 6.68. The third kappa shape index (κ3) is 5.19. The fourth-order valence-electron chi connectivity index (χ4n) is 3.35. The van der Waals surface area contributed by atoms with Crippen LogP contribution >= 0.6 is 0 Å². The summed E-state index contributed by atoms with van der Waals surface area (Å²) < 4.78 is 5.98.